The van der Waals surface area contributed by atoms with Gasteiger partial charge in [-0.05, 0) is 13.3 Å². The fraction of sp³-hybridized carbons (Fsp3) is 0.667. The third kappa shape index (κ3) is 4.09. The molecule has 0 aromatic rings. The van der Waals surface area contributed by atoms with Crippen molar-refractivity contribution in [2.75, 3.05) is 6.54 Å². The van der Waals surface area contributed by atoms with Crippen LogP contribution in [0.5, 0.6) is 0 Å². The lowest BCUT2D eigenvalue weighted by Crippen LogP contribution is -2.23. The molecular weight excluding hydrogens is 102 g/mol. The van der Waals surface area contributed by atoms with E-state index in [4.69, 9.17) is 5.11 Å². The normalized spacial score (nSPS) is 13.9. The second-order valence-electron chi connectivity index (χ2n) is 1.60. The SMILES string of the molecule is C[CH]NCC(O)[CH]C. The van der Waals surface area contributed by atoms with E-state index in [1.807, 2.05) is 20.4 Å². The highest BCUT2D eigenvalue weighted by atomic mass is 16.3. The van der Waals surface area contributed by atoms with Crippen LogP contribution in [0.15, 0.2) is 0 Å². The summed E-state index contributed by atoms with van der Waals surface area (Å²) in [5.41, 5.74) is 0. The summed E-state index contributed by atoms with van der Waals surface area (Å²) < 4.78 is 0. The Morgan fingerprint density at radius 2 is 2.25 bits per heavy atom. The van der Waals surface area contributed by atoms with Gasteiger partial charge in [-0.15, -0.1) is 0 Å². The van der Waals surface area contributed by atoms with Crippen LogP contribution in [0.25, 0.3) is 0 Å². The van der Waals surface area contributed by atoms with Crippen molar-refractivity contribution in [1.82, 2.24) is 5.32 Å². The molecule has 0 aliphatic carbocycles. The first-order valence-corrected chi connectivity index (χ1v) is 2.80. The van der Waals surface area contributed by atoms with Crippen LogP contribution in [0, 0.1) is 13.0 Å². The molecule has 2 N–H and O–H groups in total. The molecule has 0 spiro atoms. The van der Waals surface area contributed by atoms with E-state index < -0.39 is 0 Å². The monoisotopic (exact) mass is 115 g/mol. The first kappa shape index (κ1) is 7.92. The summed E-state index contributed by atoms with van der Waals surface area (Å²) in [6, 6.07) is 0. The average molecular weight is 115 g/mol. The number of aliphatic hydroxyl groups excluding tert-OH is 1. The topological polar surface area (TPSA) is 32.3 Å². The number of hydrogen-bond donors (Lipinski definition) is 2. The lowest BCUT2D eigenvalue weighted by Gasteiger charge is -2.05. The molecule has 0 bridgehead atoms. The Labute approximate surface area is 50.9 Å². The fourth-order valence-electron chi connectivity index (χ4n) is 0.356. The van der Waals surface area contributed by atoms with Crippen LogP contribution in [0.2, 0.25) is 0 Å². The second kappa shape index (κ2) is 5.06. The third-order valence-electron chi connectivity index (χ3n) is 0.916. The molecule has 1 unspecified atom stereocenters. The minimum atomic E-state index is -0.314. The summed E-state index contributed by atoms with van der Waals surface area (Å²) in [7, 11) is 0. The van der Waals surface area contributed by atoms with Crippen LogP contribution in [-0.2, 0) is 0 Å². The maximum Gasteiger partial charge on any atom is 0.0693 e. The molecule has 1 atom stereocenters. The first-order valence-electron chi connectivity index (χ1n) is 2.80. The standard InChI is InChI=1S/C6H13NO/c1-3-6(8)5-7-4-2/h3-4,6-8H,5H2,1-2H3. The highest BCUT2D eigenvalue weighted by Gasteiger charge is 1.96. The molecular formula is C6H13NO. The smallest absolute Gasteiger partial charge is 0.0693 e. The minimum absolute atomic E-state index is 0.314. The van der Waals surface area contributed by atoms with Crippen LogP contribution < -0.4 is 5.32 Å². The van der Waals surface area contributed by atoms with Gasteiger partial charge in [0.1, 0.15) is 0 Å². The van der Waals surface area contributed by atoms with Crippen LogP contribution in [0.4, 0.5) is 0 Å². The third-order valence-corrected chi connectivity index (χ3v) is 0.916. The van der Waals surface area contributed by atoms with Crippen molar-refractivity contribution < 1.29 is 5.11 Å². The van der Waals surface area contributed by atoms with Crippen molar-refractivity contribution >= 4 is 0 Å². The quantitative estimate of drug-likeness (QED) is 0.554. The van der Waals surface area contributed by atoms with Gasteiger partial charge in [-0.25, -0.2) is 0 Å². The molecule has 0 aromatic carbocycles. The Balaban J connectivity index is 2.86. The molecule has 8 heavy (non-hydrogen) atoms. The van der Waals surface area contributed by atoms with E-state index in [-0.39, 0.29) is 6.10 Å². The van der Waals surface area contributed by atoms with Crippen LogP contribution in [0.1, 0.15) is 13.8 Å². The molecule has 0 fully saturated rings. The largest absolute Gasteiger partial charge is 0.392 e. The molecule has 48 valence electrons. The average Bonchev–Trinajstić information content (AvgIpc) is 1.83. The van der Waals surface area contributed by atoms with Crippen molar-refractivity contribution in [3.05, 3.63) is 13.0 Å². The Morgan fingerprint density at radius 1 is 1.62 bits per heavy atom. The van der Waals surface area contributed by atoms with Crippen LogP contribution in [0.3, 0.4) is 0 Å². The zero-order valence-electron chi connectivity index (χ0n) is 5.39. The van der Waals surface area contributed by atoms with Crippen molar-refractivity contribution in [2.45, 2.75) is 20.0 Å². The molecule has 0 aliphatic heterocycles. The summed E-state index contributed by atoms with van der Waals surface area (Å²) in [5, 5.41) is 11.7. The Kier molecular flexibility index (Phi) is 5.01. The van der Waals surface area contributed by atoms with Gasteiger partial charge in [0.05, 0.1) is 6.10 Å². The second-order valence-corrected chi connectivity index (χ2v) is 1.60. The maximum atomic E-state index is 8.85. The van der Waals surface area contributed by atoms with E-state index in [2.05, 4.69) is 5.32 Å². The molecule has 2 nitrogen and oxygen atoms in total. The Morgan fingerprint density at radius 3 is 2.62 bits per heavy atom. The number of hydrogen-bond acceptors (Lipinski definition) is 2. The molecule has 0 rings (SSSR count). The Hall–Kier alpha value is -0.0800. The van der Waals surface area contributed by atoms with Gasteiger partial charge in [0, 0.05) is 13.1 Å². The summed E-state index contributed by atoms with van der Waals surface area (Å²) in [6.45, 7) is 6.16. The van der Waals surface area contributed by atoms with Gasteiger partial charge in [-0.1, -0.05) is 6.92 Å². The Bertz CT molecular complexity index is 47.8. The highest BCUT2D eigenvalue weighted by Crippen LogP contribution is 1.83. The summed E-state index contributed by atoms with van der Waals surface area (Å²) in [4.78, 5) is 0. The molecule has 2 heteroatoms. The zero-order valence-corrected chi connectivity index (χ0v) is 5.39. The predicted molar refractivity (Wildman–Crippen MR) is 34.0 cm³/mol. The van der Waals surface area contributed by atoms with Gasteiger partial charge < -0.3 is 10.4 Å². The number of nitrogens with one attached hydrogen (secondary N) is 1. The van der Waals surface area contributed by atoms with Crippen molar-refractivity contribution in [3.8, 4) is 0 Å². The maximum absolute atomic E-state index is 8.85. The summed E-state index contributed by atoms with van der Waals surface area (Å²) in [6.07, 6.45) is 1.43. The molecule has 2 radical (unpaired) electrons. The first-order chi connectivity index (χ1) is 3.81. The van der Waals surface area contributed by atoms with E-state index >= 15 is 0 Å². The fourth-order valence-corrected chi connectivity index (χ4v) is 0.356. The van der Waals surface area contributed by atoms with E-state index in [0.717, 1.165) is 0 Å². The number of rotatable bonds is 4. The highest BCUT2D eigenvalue weighted by molar-refractivity contribution is 4.72. The zero-order chi connectivity index (χ0) is 6.41. The number of aliphatic hydroxyl groups is 1. The van der Waals surface area contributed by atoms with Gasteiger partial charge in [-0.3, -0.25) is 0 Å². The molecule has 0 saturated heterocycles. The molecule has 0 saturated carbocycles. The van der Waals surface area contributed by atoms with E-state index in [0.29, 0.717) is 6.54 Å². The lowest BCUT2D eigenvalue weighted by atomic mass is 10.3. The van der Waals surface area contributed by atoms with Gasteiger partial charge in [0.2, 0.25) is 0 Å². The summed E-state index contributed by atoms with van der Waals surface area (Å²) >= 11 is 0. The predicted octanol–water partition coefficient (Wildman–Crippen LogP) is 0.343. The van der Waals surface area contributed by atoms with Gasteiger partial charge in [-0.2, -0.15) is 0 Å². The van der Waals surface area contributed by atoms with Crippen molar-refractivity contribution in [2.24, 2.45) is 0 Å². The molecule has 0 heterocycles. The summed E-state index contributed by atoms with van der Waals surface area (Å²) in [5.74, 6) is 0. The van der Waals surface area contributed by atoms with Crippen molar-refractivity contribution in [1.29, 1.82) is 0 Å². The van der Waals surface area contributed by atoms with E-state index in [1.165, 1.54) is 0 Å². The van der Waals surface area contributed by atoms with Crippen LogP contribution >= 0.6 is 0 Å². The lowest BCUT2D eigenvalue weighted by molar-refractivity contribution is 0.207. The van der Waals surface area contributed by atoms with Crippen LogP contribution in [-0.4, -0.2) is 17.8 Å². The van der Waals surface area contributed by atoms with Crippen molar-refractivity contribution in [3.63, 3.8) is 0 Å². The molecule has 0 amide bonds. The molecule has 0 aromatic heterocycles. The van der Waals surface area contributed by atoms with Gasteiger partial charge in [0.25, 0.3) is 0 Å². The van der Waals surface area contributed by atoms with Gasteiger partial charge >= 0.3 is 0 Å². The van der Waals surface area contributed by atoms with Gasteiger partial charge in [0.15, 0.2) is 0 Å². The molecule has 0 aliphatic rings. The minimum Gasteiger partial charge on any atom is -0.392 e. The van der Waals surface area contributed by atoms with E-state index in [1.54, 1.807) is 6.42 Å². The van der Waals surface area contributed by atoms with E-state index in [9.17, 15) is 0 Å².